The second kappa shape index (κ2) is 10.1. The fourth-order valence-corrected chi connectivity index (χ4v) is 4.95. The minimum absolute atomic E-state index is 0.126. The first-order valence-electron chi connectivity index (χ1n) is 12.1. The zero-order valence-corrected chi connectivity index (χ0v) is 20.2. The predicted molar refractivity (Wildman–Crippen MR) is 139 cm³/mol. The van der Waals surface area contributed by atoms with Gasteiger partial charge in [-0.25, -0.2) is 0 Å². The Hall–Kier alpha value is -3.99. The largest absolute Gasteiger partial charge is 0.493 e. The van der Waals surface area contributed by atoms with Gasteiger partial charge in [-0.15, -0.1) is 0 Å². The first kappa shape index (κ1) is 22.8. The summed E-state index contributed by atoms with van der Waals surface area (Å²) in [5.41, 5.74) is 7.80. The summed E-state index contributed by atoms with van der Waals surface area (Å²) in [5.74, 6) is 1.16. The molecule has 0 fully saturated rings. The number of para-hydroxylation sites is 1. The highest BCUT2D eigenvalue weighted by molar-refractivity contribution is 5.94. The molecule has 0 unspecified atom stereocenters. The van der Waals surface area contributed by atoms with E-state index in [1.54, 1.807) is 14.2 Å². The molecular formula is C30H30N2O3. The number of carbonyl (C=O) groups is 1. The Morgan fingerprint density at radius 2 is 1.66 bits per heavy atom. The quantitative estimate of drug-likeness (QED) is 0.365. The molecule has 0 saturated heterocycles. The van der Waals surface area contributed by atoms with E-state index in [0.717, 1.165) is 24.1 Å². The van der Waals surface area contributed by atoms with Crippen LogP contribution < -0.4 is 14.8 Å². The van der Waals surface area contributed by atoms with Crippen molar-refractivity contribution in [2.45, 2.75) is 32.2 Å². The van der Waals surface area contributed by atoms with Gasteiger partial charge < -0.3 is 19.4 Å². The summed E-state index contributed by atoms with van der Waals surface area (Å²) in [4.78, 5) is 12.9. The molecule has 1 heterocycles. The molecule has 5 heteroatoms. The Morgan fingerprint density at radius 3 is 2.40 bits per heavy atom. The molecule has 0 aliphatic heterocycles. The highest BCUT2D eigenvalue weighted by Gasteiger charge is 2.20. The maximum Gasteiger partial charge on any atom is 0.251 e. The molecule has 35 heavy (non-hydrogen) atoms. The minimum Gasteiger partial charge on any atom is -0.493 e. The second-order valence-electron chi connectivity index (χ2n) is 8.79. The first-order valence-corrected chi connectivity index (χ1v) is 12.1. The van der Waals surface area contributed by atoms with Gasteiger partial charge in [-0.05, 0) is 73.2 Å². The molecule has 4 aromatic rings. The van der Waals surface area contributed by atoms with Crippen molar-refractivity contribution >= 4 is 5.91 Å². The maximum absolute atomic E-state index is 12.9. The van der Waals surface area contributed by atoms with Gasteiger partial charge >= 0.3 is 0 Å². The second-order valence-corrected chi connectivity index (χ2v) is 8.79. The van der Waals surface area contributed by atoms with E-state index in [1.807, 2.05) is 48.5 Å². The number of aromatic nitrogens is 1. The van der Waals surface area contributed by atoms with E-state index >= 15 is 0 Å². The van der Waals surface area contributed by atoms with Crippen LogP contribution in [-0.2, 0) is 19.4 Å². The molecule has 1 aliphatic carbocycles. The molecule has 0 saturated carbocycles. The lowest BCUT2D eigenvalue weighted by Crippen LogP contribution is -2.23. The number of carbonyl (C=O) groups excluding carboxylic acids is 1. The zero-order valence-electron chi connectivity index (χ0n) is 20.2. The van der Waals surface area contributed by atoms with Crippen LogP contribution in [0.2, 0.25) is 0 Å². The summed E-state index contributed by atoms with van der Waals surface area (Å²) < 4.78 is 13.2. The number of benzene rings is 3. The van der Waals surface area contributed by atoms with Crippen LogP contribution in [-0.4, -0.2) is 24.7 Å². The van der Waals surface area contributed by atoms with Gasteiger partial charge in [0.2, 0.25) is 0 Å². The van der Waals surface area contributed by atoms with Crippen molar-refractivity contribution in [1.82, 2.24) is 9.88 Å². The molecule has 5 rings (SSSR count). The summed E-state index contributed by atoms with van der Waals surface area (Å²) in [6.07, 6.45) is 4.64. The van der Waals surface area contributed by atoms with Gasteiger partial charge in [-0.2, -0.15) is 0 Å². The summed E-state index contributed by atoms with van der Waals surface area (Å²) in [6, 6.07) is 26.4. The van der Waals surface area contributed by atoms with Crippen LogP contribution in [0.1, 0.15) is 40.0 Å². The predicted octanol–water partition coefficient (Wildman–Crippen LogP) is 5.97. The smallest absolute Gasteiger partial charge is 0.251 e. The molecule has 1 N–H and O–H groups in total. The SMILES string of the molecule is COc1cccc(CNC(=O)c2ccc(-n3c(-c4ccccc4)cc4c3CCCC4)cc2)c1OC. The van der Waals surface area contributed by atoms with Crippen molar-refractivity contribution in [3.05, 3.63) is 101 Å². The van der Waals surface area contributed by atoms with Crippen molar-refractivity contribution in [3.63, 3.8) is 0 Å². The van der Waals surface area contributed by atoms with Crippen molar-refractivity contribution in [3.8, 4) is 28.4 Å². The van der Waals surface area contributed by atoms with E-state index in [2.05, 4.69) is 40.2 Å². The summed E-state index contributed by atoms with van der Waals surface area (Å²) in [7, 11) is 3.21. The highest BCUT2D eigenvalue weighted by atomic mass is 16.5. The van der Waals surface area contributed by atoms with E-state index in [0.29, 0.717) is 23.6 Å². The number of methoxy groups -OCH3 is 2. The van der Waals surface area contributed by atoms with Crippen LogP contribution >= 0.6 is 0 Å². The number of aryl methyl sites for hydroxylation is 1. The number of hydrogen-bond acceptors (Lipinski definition) is 3. The third kappa shape index (κ3) is 4.54. The standard InChI is InChI=1S/C30H30N2O3/c1-34-28-14-8-12-24(29(28)35-2)20-31-30(33)22-15-17-25(18-16-22)32-26-13-7-6-11-23(26)19-27(32)21-9-4-3-5-10-21/h3-5,8-10,12,14-19H,6-7,11,13,20H2,1-2H3,(H,31,33). The van der Waals surface area contributed by atoms with Gasteiger partial charge in [0.1, 0.15) is 0 Å². The van der Waals surface area contributed by atoms with Crippen molar-refractivity contribution in [2.75, 3.05) is 14.2 Å². The number of amides is 1. The highest BCUT2D eigenvalue weighted by Crippen LogP contribution is 2.34. The lowest BCUT2D eigenvalue weighted by atomic mass is 9.98. The number of hydrogen-bond donors (Lipinski definition) is 1. The normalized spacial score (nSPS) is 12.6. The van der Waals surface area contributed by atoms with E-state index < -0.39 is 0 Å². The molecular weight excluding hydrogens is 436 g/mol. The number of ether oxygens (including phenoxy) is 2. The summed E-state index contributed by atoms with van der Waals surface area (Å²) >= 11 is 0. The monoisotopic (exact) mass is 466 g/mol. The van der Waals surface area contributed by atoms with Gasteiger partial charge in [-0.1, -0.05) is 42.5 Å². The Balaban J connectivity index is 1.39. The molecule has 178 valence electrons. The van der Waals surface area contributed by atoms with Crippen molar-refractivity contribution in [1.29, 1.82) is 0 Å². The Morgan fingerprint density at radius 1 is 0.886 bits per heavy atom. The van der Waals surface area contributed by atoms with Crippen LogP contribution in [0, 0.1) is 0 Å². The van der Waals surface area contributed by atoms with E-state index in [4.69, 9.17) is 9.47 Å². The van der Waals surface area contributed by atoms with E-state index in [9.17, 15) is 4.79 Å². The molecule has 1 aliphatic rings. The van der Waals surface area contributed by atoms with Crippen LogP contribution in [0.15, 0.2) is 78.9 Å². The van der Waals surface area contributed by atoms with Gasteiger partial charge in [0.05, 0.1) is 19.9 Å². The minimum atomic E-state index is -0.126. The number of rotatable bonds is 7. The molecule has 5 nitrogen and oxygen atoms in total. The van der Waals surface area contributed by atoms with E-state index in [1.165, 1.54) is 35.4 Å². The number of nitrogens with zero attached hydrogens (tertiary/aromatic N) is 1. The van der Waals surface area contributed by atoms with Gasteiger partial charge in [-0.3, -0.25) is 4.79 Å². The fourth-order valence-electron chi connectivity index (χ4n) is 4.95. The van der Waals surface area contributed by atoms with Gasteiger partial charge in [0.25, 0.3) is 5.91 Å². The molecule has 0 atom stereocenters. The topological polar surface area (TPSA) is 52.5 Å². The molecule has 0 radical (unpaired) electrons. The average Bonchev–Trinajstić information content (AvgIpc) is 3.31. The van der Waals surface area contributed by atoms with Crippen LogP contribution in [0.25, 0.3) is 16.9 Å². The Kier molecular flexibility index (Phi) is 6.57. The number of fused-ring (bicyclic) bond motifs is 1. The average molecular weight is 467 g/mol. The van der Waals surface area contributed by atoms with Crippen LogP contribution in [0.3, 0.4) is 0 Å². The molecule has 0 spiro atoms. The zero-order chi connectivity index (χ0) is 24.2. The third-order valence-corrected chi connectivity index (χ3v) is 6.68. The van der Waals surface area contributed by atoms with Crippen molar-refractivity contribution in [2.24, 2.45) is 0 Å². The fraction of sp³-hybridized carbons (Fsp3) is 0.233. The maximum atomic E-state index is 12.9. The van der Waals surface area contributed by atoms with Crippen LogP contribution in [0.5, 0.6) is 11.5 Å². The molecule has 1 aromatic heterocycles. The van der Waals surface area contributed by atoms with Gasteiger partial charge in [0.15, 0.2) is 11.5 Å². The Labute approximate surface area is 206 Å². The molecule has 3 aromatic carbocycles. The first-order chi connectivity index (χ1) is 17.2. The lowest BCUT2D eigenvalue weighted by Gasteiger charge is -2.18. The summed E-state index contributed by atoms with van der Waals surface area (Å²) in [5, 5.41) is 3.00. The Bertz CT molecular complexity index is 1320. The van der Waals surface area contributed by atoms with Crippen LogP contribution in [0.4, 0.5) is 0 Å². The van der Waals surface area contributed by atoms with Crippen molar-refractivity contribution < 1.29 is 14.3 Å². The van der Waals surface area contributed by atoms with E-state index in [-0.39, 0.29) is 5.91 Å². The van der Waals surface area contributed by atoms with Gasteiger partial charge in [0, 0.05) is 29.1 Å². The number of nitrogens with one attached hydrogen (secondary N) is 1. The third-order valence-electron chi connectivity index (χ3n) is 6.68. The summed E-state index contributed by atoms with van der Waals surface area (Å²) in [6.45, 7) is 0.351. The lowest BCUT2D eigenvalue weighted by molar-refractivity contribution is 0.0950. The molecule has 0 bridgehead atoms. The molecule has 1 amide bonds.